The smallest absolute Gasteiger partial charge is 0.0483 e. The zero-order valence-corrected chi connectivity index (χ0v) is 9.87. The molecule has 0 spiro atoms. The summed E-state index contributed by atoms with van der Waals surface area (Å²) in [6.45, 7) is 5.42. The number of nitrogens with one attached hydrogen (secondary N) is 1. The van der Waals surface area contributed by atoms with Gasteiger partial charge in [0.25, 0.3) is 0 Å². The van der Waals surface area contributed by atoms with Gasteiger partial charge in [-0.25, -0.2) is 0 Å². The van der Waals surface area contributed by atoms with Gasteiger partial charge in [-0.05, 0) is 50.2 Å². The highest BCUT2D eigenvalue weighted by Gasteiger charge is 2.28. The predicted molar refractivity (Wildman–Crippen MR) is 61.9 cm³/mol. The average molecular weight is 215 g/mol. The Kier molecular flexibility index (Phi) is 3.74. The molecule has 3 heteroatoms. The number of hydrogen-bond acceptors (Lipinski definition) is 3. The van der Waals surface area contributed by atoms with Gasteiger partial charge in [0.05, 0.1) is 0 Å². The highest BCUT2D eigenvalue weighted by molar-refractivity contribution is 7.99. The van der Waals surface area contributed by atoms with E-state index in [1.54, 1.807) is 0 Å². The number of ether oxygens (including phenoxy) is 1. The summed E-state index contributed by atoms with van der Waals surface area (Å²) in [5.74, 6) is 3.64. The van der Waals surface area contributed by atoms with E-state index in [4.69, 9.17) is 4.74 Å². The van der Waals surface area contributed by atoms with Gasteiger partial charge in [0.15, 0.2) is 0 Å². The molecule has 1 atom stereocenters. The quantitative estimate of drug-likeness (QED) is 0.777. The second-order valence-electron chi connectivity index (χ2n) is 4.78. The molecule has 2 fully saturated rings. The molecule has 2 aliphatic heterocycles. The van der Waals surface area contributed by atoms with Crippen molar-refractivity contribution in [3.05, 3.63) is 0 Å². The lowest BCUT2D eigenvalue weighted by Crippen LogP contribution is -2.48. The zero-order chi connectivity index (χ0) is 9.86. The maximum Gasteiger partial charge on any atom is 0.0483 e. The lowest BCUT2D eigenvalue weighted by atomic mass is 9.92. The summed E-state index contributed by atoms with van der Waals surface area (Å²) in [5, 5.41) is 3.75. The first-order chi connectivity index (χ1) is 6.79. The second-order valence-corrected chi connectivity index (χ2v) is 5.93. The summed E-state index contributed by atoms with van der Waals surface area (Å²) < 4.78 is 5.39. The van der Waals surface area contributed by atoms with E-state index in [2.05, 4.69) is 24.0 Å². The molecule has 0 aliphatic carbocycles. The minimum atomic E-state index is 0.353. The third-order valence-electron chi connectivity index (χ3n) is 3.44. The maximum absolute atomic E-state index is 5.39. The summed E-state index contributed by atoms with van der Waals surface area (Å²) in [7, 11) is 0. The highest BCUT2D eigenvalue weighted by Crippen LogP contribution is 2.25. The third-order valence-corrected chi connectivity index (χ3v) is 4.67. The molecular formula is C11H21NOS. The SMILES string of the molecule is CC1(NCC2CCSC2)CCOCC1. The third kappa shape index (κ3) is 2.88. The summed E-state index contributed by atoms with van der Waals surface area (Å²) >= 11 is 2.10. The van der Waals surface area contributed by atoms with Crippen LogP contribution >= 0.6 is 11.8 Å². The fourth-order valence-electron chi connectivity index (χ4n) is 2.13. The molecule has 1 unspecified atom stereocenters. The fourth-order valence-corrected chi connectivity index (χ4v) is 3.42. The summed E-state index contributed by atoms with van der Waals surface area (Å²) in [6, 6.07) is 0. The van der Waals surface area contributed by atoms with Crippen molar-refractivity contribution < 1.29 is 4.74 Å². The van der Waals surface area contributed by atoms with Crippen molar-refractivity contribution in [2.75, 3.05) is 31.3 Å². The van der Waals surface area contributed by atoms with E-state index in [9.17, 15) is 0 Å². The van der Waals surface area contributed by atoms with E-state index in [-0.39, 0.29) is 0 Å². The van der Waals surface area contributed by atoms with Crippen LogP contribution in [0.15, 0.2) is 0 Å². The van der Waals surface area contributed by atoms with E-state index >= 15 is 0 Å². The molecule has 1 N–H and O–H groups in total. The first-order valence-electron chi connectivity index (χ1n) is 5.69. The van der Waals surface area contributed by atoms with Crippen LogP contribution in [-0.2, 0) is 4.74 Å². The Morgan fingerprint density at radius 1 is 1.43 bits per heavy atom. The molecule has 0 saturated carbocycles. The van der Waals surface area contributed by atoms with E-state index < -0.39 is 0 Å². The maximum atomic E-state index is 5.39. The summed E-state index contributed by atoms with van der Waals surface area (Å²) in [4.78, 5) is 0. The van der Waals surface area contributed by atoms with Gasteiger partial charge in [-0.15, -0.1) is 0 Å². The largest absolute Gasteiger partial charge is 0.381 e. The Morgan fingerprint density at radius 3 is 2.86 bits per heavy atom. The van der Waals surface area contributed by atoms with Crippen molar-refractivity contribution in [2.45, 2.75) is 31.7 Å². The van der Waals surface area contributed by atoms with Gasteiger partial charge in [-0.2, -0.15) is 11.8 Å². The van der Waals surface area contributed by atoms with Crippen molar-refractivity contribution in [3.8, 4) is 0 Å². The van der Waals surface area contributed by atoms with E-state index in [1.165, 1.54) is 37.3 Å². The molecule has 2 saturated heterocycles. The van der Waals surface area contributed by atoms with Crippen molar-refractivity contribution in [1.82, 2.24) is 5.32 Å². The first kappa shape index (κ1) is 10.8. The molecule has 2 aliphatic rings. The molecule has 2 rings (SSSR count). The molecule has 2 heterocycles. The Bertz CT molecular complexity index is 174. The van der Waals surface area contributed by atoms with Crippen LogP contribution in [0.25, 0.3) is 0 Å². The molecule has 2 nitrogen and oxygen atoms in total. The Labute approximate surface area is 91.2 Å². The van der Waals surface area contributed by atoms with Crippen molar-refractivity contribution in [2.24, 2.45) is 5.92 Å². The minimum absolute atomic E-state index is 0.353. The molecule has 0 aromatic heterocycles. The van der Waals surface area contributed by atoms with Gasteiger partial charge in [0, 0.05) is 18.8 Å². The number of thioether (sulfide) groups is 1. The molecule has 0 aromatic carbocycles. The summed E-state index contributed by atoms with van der Waals surface area (Å²) in [5.41, 5.74) is 0.353. The molecule has 0 bridgehead atoms. The van der Waals surface area contributed by atoms with Crippen molar-refractivity contribution in [3.63, 3.8) is 0 Å². The molecule has 14 heavy (non-hydrogen) atoms. The fraction of sp³-hybridized carbons (Fsp3) is 1.00. The van der Waals surface area contributed by atoms with Crippen LogP contribution in [0, 0.1) is 5.92 Å². The van der Waals surface area contributed by atoms with Crippen LogP contribution in [-0.4, -0.2) is 36.8 Å². The van der Waals surface area contributed by atoms with E-state index in [0.29, 0.717) is 5.54 Å². The van der Waals surface area contributed by atoms with Crippen LogP contribution in [0.4, 0.5) is 0 Å². The van der Waals surface area contributed by atoms with Gasteiger partial charge in [-0.3, -0.25) is 0 Å². The van der Waals surface area contributed by atoms with E-state index in [0.717, 1.165) is 19.1 Å². The average Bonchev–Trinajstić information content (AvgIpc) is 2.69. The monoisotopic (exact) mass is 215 g/mol. The number of rotatable bonds is 3. The van der Waals surface area contributed by atoms with Gasteiger partial charge in [-0.1, -0.05) is 0 Å². The molecule has 82 valence electrons. The lowest BCUT2D eigenvalue weighted by Gasteiger charge is -2.35. The topological polar surface area (TPSA) is 21.3 Å². The van der Waals surface area contributed by atoms with Crippen molar-refractivity contribution in [1.29, 1.82) is 0 Å². The molecule has 0 aromatic rings. The zero-order valence-electron chi connectivity index (χ0n) is 9.05. The van der Waals surface area contributed by atoms with Crippen LogP contribution in [0.2, 0.25) is 0 Å². The van der Waals surface area contributed by atoms with Crippen molar-refractivity contribution >= 4 is 11.8 Å². The molecule has 0 amide bonds. The van der Waals surface area contributed by atoms with Gasteiger partial charge < -0.3 is 10.1 Å². The second kappa shape index (κ2) is 4.86. The Hall–Kier alpha value is 0.270. The van der Waals surface area contributed by atoms with Crippen LogP contribution in [0.1, 0.15) is 26.2 Å². The molecule has 0 radical (unpaired) electrons. The lowest BCUT2D eigenvalue weighted by molar-refractivity contribution is 0.0441. The van der Waals surface area contributed by atoms with E-state index in [1.807, 2.05) is 0 Å². The first-order valence-corrected chi connectivity index (χ1v) is 6.84. The van der Waals surface area contributed by atoms with Crippen LogP contribution in [0.5, 0.6) is 0 Å². The predicted octanol–water partition coefficient (Wildman–Crippen LogP) is 1.90. The van der Waals surface area contributed by atoms with Gasteiger partial charge >= 0.3 is 0 Å². The standard InChI is InChI=1S/C11H21NOS/c1-11(3-5-13-6-4-11)12-8-10-2-7-14-9-10/h10,12H,2-9H2,1H3. The number of hydrogen-bond donors (Lipinski definition) is 1. The molecular weight excluding hydrogens is 194 g/mol. The minimum Gasteiger partial charge on any atom is -0.381 e. The highest BCUT2D eigenvalue weighted by atomic mass is 32.2. The van der Waals surface area contributed by atoms with Crippen LogP contribution in [0.3, 0.4) is 0 Å². The Morgan fingerprint density at radius 2 is 2.21 bits per heavy atom. The normalized spacial score (nSPS) is 31.9. The summed E-state index contributed by atoms with van der Waals surface area (Å²) in [6.07, 6.45) is 3.75. The van der Waals surface area contributed by atoms with Crippen LogP contribution < -0.4 is 5.32 Å². The van der Waals surface area contributed by atoms with Gasteiger partial charge in [0.1, 0.15) is 0 Å². The van der Waals surface area contributed by atoms with Gasteiger partial charge in [0.2, 0.25) is 0 Å². The Balaban J connectivity index is 1.72.